The van der Waals surface area contributed by atoms with Crippen LogP contribution >= 0.6 is 11.3 Å². The number of ether oxygens (including phenoxy) is 2. The van der Waals surface area contributed by atoms with Crippen molar-refractivity contribution in [3.63, 3.8) is 0 Å². The van der Waals surface area contributed by atoms with Crippen LogP contribution in [0.25, 0.3) is 22.9 Å². The van der Waals surface area contributed by atoms with Gasteiger partial charge in [0.25, 0.3) is 0 Å². The first-order valence-corrected chi connectivity index (χ1v) is 10.1. The lowest BCUT2D eigenvalue weighted by atomic mass is 10.1. The number of nitrogens with zero attached hydrogens (tertiary/aromatic N) is 2. The molecule has 3 rings (SSSR count). The molecule has 0 fully saturated rings. The molecule has 142 valence electrons. The van der Waals surface area contributed by atoms with Gasteiger partial charge in [0, 0.05) is 10.9 Å². The topological polar surface area (TPSA) is 55.1 Å². The molecular weight excluding hydrogens is 368 g/mol. The van der Waals surface area contributed by atoms with E-state index in [-0.39, 0.29) is 0 Å². The molecule has 0 aliphatic heterocycles. The first-order chi connectivity index (χ1) is 13.7. The van der Waals surface area contributed by atoms with Crippen LogP contribution in [0.1, 0.15) is 30.3 Å². The molecule has 28 heavy (non-hydrogen) atoms. The monoisotopic (exact) mass is 390 g/mol. The molecule has 0 atom stereocenters. The Balaban J connectivity index is 1.76. The van der Waals surface area contributed by atoms with Crippen molar-refractivity contribution < 1.29 is 9.47 Å². The predicted octanol–water partition coefficient (Wildman–Crippen LogP) is 6.06. The molecular formula is C23H22N2O2S. The average molecular weight is 391 g/mol. The Morgan fingerprint density at radius 3 is 2.46 bits per heavy atom. The van der Waals surface area contributed by atoms with E-state index in [0.717, 1.165) is 47.8 Å². The summed E-state index contributed by atoms with van der Waals surface area (Å²) in [4.78, 5) is 4.63. The Labute approximate surface area is 169 Å². The highest BCUT2D eigenvalue weighted by atomic mass is 32.1. The molecule has 0 aliphatic carbocycles. The fourth-order valence-corrected chi connectivity index (χ4v) is 3.39. The van der Waals surface area contributed by atoms with Crippen molar-refractivity contribution in [1.82, 2.24) is 4.98 Å². The van der Waals surface area contributed by atoms with Gasteiger partial charge in [0.15, 0.2) is 0 Å². The molecule has 0 amide bonds. The van der Waals surface area contributed by atoms with Crippen LogP contribution in [-0.2, 0) is 0 Å². The van der Waals surface area contributed by atoms with Crippen LogP contribution in [0.4, 0.5) is 0 Å². The van der Waals surface area contributed by atoms with Crippen LogP contribution in [0.15, 0.2) is 53.9 Å². The highest BCUT2D eigenvalue weighted by Gasteiger charge is 2.09. The van der Waals surface area contributed by atoms with Gasteiger partial charge in [0.05, 0.1) is 25.0 Å². The highest BCUT2D eigenvalue weighted by Crippen LogP contribution is 2.28. The van der Waals surface area contributed by atoms with E-state index in [1.165, 1.54) is 11.3 Å². The lowest BCUT2D eigenvalue weighted by Crippen LogP contribution is -1.95. The normalized spacial score (nSPS) is 11.1. The third kappa shape index (κ3) is 4.99. The molecule has 3 aromatic rings. The molecule has 0 aliphatic rings. The number of benzene rings is 2. The van der Waals surface area contributed by atoms with Crippen LogP contribution in [0.2, 0.25) is 0 Å². The Kier molecular flexibility index (Phi) is 6.83. The van der Waals surface area contributed by atoms with Crippen molar-refractivity contribution >= 4 is 23.0 Å². The molecule has 4 nitrogen and oxygen atoms in total. The summed E-state index contributed by atoms with van der Waals surface area (Å²) in [6.45, 7) is 2.86. The van der Waals surface area contributed by atoms with Crippen LogP contribution in [0.5, 0.6) is 11.5 Å². The molecule has 0 saturated heterocycles. The van der Waals surface area contributed by atoms with Crippen LogP contribution in [0.3, 0.4) is 0 Å². The van der Waals surface area contributed by atoms with Crippen molar-refractivity contribution in [3.05, 3.63) is 64.5 Å². The van der Waals surface area contributed by atoms with Gasteiger partial charge in [-0.25, -0.2) is 4.98 Å². The largest absolute Gasteiger partial charge is 0.497 e. The van der Waals surface area contributed by atoms with Gasteiger partial charge in [0.2, 0.25) is 0 Å². The SMILES string of the molecule is CCCCOc1ccc(/C=C(\C#N)c2nc(-c3ccc(OC)cc3)cs2)cc1. The van der Waals surface area contributed by atoms with E-state index < -0.39 is 0 Å². The van der Waals surface area contributed by atoms with Crippen LogP contribution in [0, 0.1) is 11.3 Å². The van der Waals surface area contributed by atoms with E-state index in [4.69, 9.17) is 9.47 Å². The van der Waals surface area contributed by atoms with E-state index in [2.05, 4.69) is 18.0 Å². The van der Waals surface area contributed by atoms with Gasteiger partial charge in [-0.2, -0.15) is 5.26 Å². The number of hydrogen-bond acceptors (Lipinski definition) is 5. The van der Waals surface area contributed by atoms with Crippen LogP contribution in [-0.4, -0.2) is 18.7 Å². The summed E-state index contributed by atoms with van der Waals surface area (Å²) in [5.74, 6) is 1.65. The van der Waals surface area contributed by atoms with Crippen molar-refractivity contribution in [2.75, 3.05) is 13.7 Å². The maximum Gasteiger partial charge on any atom is 0.134 e. The third-order valence-electron chi connectivity index (χ3n) is 4.20. The first kappa shape index (κ1) is 19.7. The summed E-state index contributed by atoms with van der Waals surface area (Å²) in [5.41, 5.74) is 3.34. The predicted molar refractivity (Wildman–Crippen MR) is 114 cm³/mol. The van der Waals surface area contributed by atoms with Crippen molar-refractivity contribution in [3.8, 4) is 28.8 Å². The quantitative estimate of drug-likeness (QED) is 0.346. The van der Waals surface area contributed by atoms with Gasteiger partial charge < -0.3 is 9.47 Å². The molecule has 0 spiro atoms. The number of thiazole rings is 1. The van der Waals surface area contributed by atoms with Gasteiger partial charge >= 0.3 is 0 Å². The number of rotatable bonds is 8. The summed E-state index contributed by atoms with van der Waals surface area (Å²) < 4.78 is 10.9. The average Bonchev–Trinajstić information content (AvgIpc) is 3.23. The smallest absolute Gasteiger partial charge is 0.134 e. The summed E-state index contributed by atoms with van der Waals surface area (Å²) >= 11 is 1.47. The van der Waals surface area contributed by atoms with Crippen molar-refractivity contribution in [2.24, 2.45) is 0 Å². The van der Waals surface area contributed by atoms with E-state index >= 15 is 0 Å². The number of aromatic nitrogens is 1. The molecule has 1 heterocycles. The zero-order chi connectivity index (χ0) is 19.8. The van der Waals surface area contributed by atoms with Gasteiger partial charge in [-0.3, -0.25) is 0 Å². The number of hydrogen-bond donors (Lipinski definition) is 0. The fourth-order valence-electron chi connectivity index (χ4n) is 2.59. The van der Waals surface area contributed by atoms with Gasteiger partial charge in [-0.1, -0.05) is 25.5 Å². The maximum atomic E-state index is 9.59. The number of nitriles is 1. The Bertz CT molecular complexity index is 967. The zero-order valence-electron chi connectivity index (χ0n) is 16.0. The van der Waals surface area contributed by atoms with E-state index in [1.807, 2.05) is 60.0 Å². The standard InChI is InChI=1S/C23H22N2O2S/c1-3-4-13-27-21-9-5-17(6-10-21)14-19(15-24)23-25-22(16-28-23)18-7-11-20(26-2)12-8-18/h5-12,14,16H,3-4,13H2,1-2H3/b19-14+. The minimum Gasteiger partial charge on any atom is -0.497 e. The summed E-state index contributed by atoms with van der Waals surface area (Å²) in [6, 6.07) is 17.8. The van der Waals surface area contributed by atoms with Crippen molar-refractivity contribution in [2.45, 2.75) is 19.8 Å². The molecule has 0 N–H and O–H groups in total. The fraction of sp³-hybridized carbons (Fsp3) is 0.217. The lowest BCUT2D eigenvalue weighted by Gasteiger charge is -2.05. The van der Waals surface area contributed by atoms with Crippen LogP contribution < -0.4 is 9.47 Å². The van der Waals surface area contributed by atoms with E-state index in [9.17, 15) is 5.26 Å². The minimum atomic E-state index is 0.546. The minimum absolute atomic E-state index is 0.546. The maximum absolute atomic E-state index is 9.59. The Hall–Kier alpha value is -3.10. The number of unbranched alkanes of at least 4 members (excludes halogenated alkanes) is 1. The second kappa shape index (κ2) is 9.72. The third-order valence-corrected chi connectivity index (χ3v) is 5.07. The van der Waals surface area contributed by atoms with E-state index in [0.29, 0.717) is 10.6 Å². The summed E-state index contributed by atoms with van der Waals surface area (Å²) in [5, 5.41) is 12.3. The van der Waals surface area contributed by atoms with Gasteiger partial charge in [0.1, 0.15) is 22.6 Å². The highest BCUT2D eigenvalue weighted by molar-refractivity contribution is 7.11. The molecule has 0 radical (unpaired) electrons. The molecule has 0 saturated carbocycles. The van der Waals surface area contributed by atoms with Gasteiger partial charge in [-0.05, 0) is 54.5 Å². The second-order valence-corrected chi connectivity index (χ2v) is 7.07. The molecule has 0 unspecified atom stereocenters. The lowest BCUT2D eigenvalue weighted by molar-refractivity contribution is 0.309. The molecule has 5 heteroatoms. The van der Waals surface area contributed by atoms with Crippen molar-refractivity contribution in [1.29, 1.82) is 5.26 Å². The number of methoxy groups -OCH3 is 1. The second-order valence-electron chi connectivity index (χ2n) is 6.21. The molecule has 2 aromatic carbocycles. The zero-order valence-corrected chi connectivity index (χ0v) is 16.8. The Morgan fingerprint density at radius 1 is 1.11 bits per heavy atom. The van der Waals surface area contributed by atoms with E-state index in [1.54, 1.807) is 7.11 Å². The summed E-state index contributed by atoms with van der Waals surface area (Å²) in [6.07, 6.45) is 4.01. The number of allylic oxidation sites excluding steroid dienone is 1. The molecule has 0 bridgehead atoms. The summed E-state index contributed by atoms with van der Waals surface area (Å²) in [7, 11) is 1.64. The molecule has 1 aromatic heterocycles. The Morgan fingerprint density at radius 2 is 1.82 bits per heavy atom. The first-order valence-electron chi connectivity index (χ1n) is 9.18. The van der Waals surface area contributed by atoms with Gasteiger partial charge in [-0.15, -0.1) is 11.3 Å².